The summed E-state index contributed by atoms with van der Waals surface area (Å²) >= 11 is 3.58. The highest BCUT2D eigenvalue weighted by molar-refractivity contribution is 9.10. The Hall–Kier alpha value is -1.32. The van der Waals surface area contributed by atoms with Gasteiger partial charge in [0.2, 0.25) is 0 Å². The van der Waals surface area contributed by atoms with E-state index in [1.165, 1.54) is 11.1 Å². The molecule has 2 nitrogen and oxygen atoms in total. The maximum Gasteiger partial charge on any atom is 0.128 e. The molecule has 0 aliphatic heterocycles. The van der Waals surface area contributed by atoms with Crippen LogP contribution in [0.3, 0.4) is 0 Å². The largest absolute Gasteiger partial charge is 0.457 e. The molecule has 0 fully saturated rings. The fraction of sp³-hybridized carbons (Fsp3) is 0.294. The summed E-state index contributed by atoms with van der Waals surface area (Å²) in [6.07, 6.45) is 0. The van der Waals surface area contributed by atoms with Crippen LogP contribution in [0.1, 0.15) is 30.9 Å². The molecule has 2 rings (SSSR count). The van der Waals surface area contributed by atoms with Gasteiger partial charge in [0, 0.05) is 11.0 Å². The van der Waals surface area contributed by atoms with Crippen molar-refractivity contribution in [3.63, 3.8) is 0 Å². The lowest BCUT2D eigenvalue weighted by Gasteiger charge is -2.11. The molecule has 0 saturated heterocycles. The zero-order valence-electron chi connectivity index (χ0n) is 12.1. The van der Waals surface area contributed by atoms with Crippen molar-refractivity contribution >= 4 is 15.9 Å². The third-order valence-electron chi connectivity index (χ3n) is 3.15. The normalized spacial score (nSPS) is 10.8. The predicted molar refractivity (Wildman–Crippen MR) is 87.5 cm³/mol. The molecule has 2 aromatic rings. The smallest absolute Gasteiger partial charge is 0.128 e. The van der Waals surface area contributed by atoms with Crippen LogP contribution in [-0.2, 0) is 6.54 Å². The van der Waals surface area contributed by atoms with Crippen molar-refractivity contribution in [1.82, 2.24) is 5.32 Å². The van der Waals surface area contributed by atoms with Gasteiger partial charge in [-0.05, 0) is 48.4 Å². The maximum atomic E-state index is 5.93. The first-order chi connectivity index (χ1) is 9.60. The van der Waals surface area contributed by atoms with E-state index in [9.17, 15) is 0 Å². The molecule has 3 heteroatoms. The predicted octanol–water partition coefficient (Wildman–Crippen LogP) is 5.08. The van der Waals surface area contributed by atoms with Crippen molar-refractivity contribution in [1.29, 1.82) is 0 Å². The Kier molecular flexibility index (Phi) is 5.21. The fourth-order valence-electron chi connectivity index (χ4n) is 2.00. The van der Waals surface area contributed by atoms with Gasteiger partial charge in [-0.15, -0.1) is 0 Å². The van der Waals surface area contributed by atoms with E-state index in [1.807, 2.05) is 31.3 Å². The van der Waals surface area contributed by atoms with E-state index in [-0.39, 0.29) is 0 Å². The molecule has 0 aliphatic carbocycles. The summed E-state index contributed by atoms with van der Waals surface area (Å²) in [5, 5.41) is 3.14. The van der Waals surface area contributed by atoms with Crippen LogP contribution in [0.15, 0.2) is 46.9 Å². The SMILES string of the molecule is CNCc1ccc(Oc2cccc(C(C)C)c2)cc1Br. The van der Waals surface area contributed by atoms with E-state index in [0.29, 0.717) is 5.92 Å². The topological polar surface area (TPSA) is 21.3 Å². The summed E-state index contributed by atoms with van der Waals surface area (Å²) in [5.74, 6) is 2.23. The number of hydrogen-bond acceptors (Lipinski definition) is 2. The molecule has 0 bridgehead atoms. The first kappa shape index (κ1) is 15.1. The van der Waals surface area contributed by atoms with E-state index in [0.717, 1.165) is 22.5 Å². The van der Waals surface area contributed by atoms with Gasteiger partial charge >= 0.3 is 0 Å². The Morgan fingerprint density at radius 3 is 2.50 bits per heavy atom. The average Bonchev–Trinajstić information content (AvgIpc) is 2.42. The second-order valence-electron chi connectivity index (χ2n) is 5.11. The van der Waals surface area contributed by atoms with E-state index in [4.69, 9.17) is 4.74 Å². The first-order valence-corrected chi connectivity index (χ1v) is 7.60. The quantitative estimate of drug-likeness (QED) is 0.823. The molecular formula is C17H20BrNO. The van der Waals surface area contributed by atoms with Crippen LogP contribution < -0.4 is 10.1 Å². The molecule has 1 N–H and O–H groups in total. The lowest BCUT2D eigenvalue weighted by atomic mass is 10.0. The molecule has 0 spiro atoms. The van der Waals surface area contributed by atoms with E-state index in [1.54, 1.807) is 0 Å². The van der Waals surface area contributed by atoms with Gasteiger partial charge in [-0.3, -0.25) is 0 Å². The number of rotatable bonds is 5. The second-order valence-corrected chi connectivity index (χ2v) is 5.97. The number of ether oxygens (including phenoxy) is 1. The van der Waals surface area contributed by atoms with E-state index in [2.05, 4.69) is 53.3 Å². The minimum absolute atomic E-state index is 0.503. The summed E-state index contributed by atoms with van der Waals surface area (Å²) < 4.78 is 6.99. The van der Waals surface area contributed by atoms with Crippen molar-refractivity contribution in [3.8, 4) is 11.5 Å². The van der Waals surface area contributed by atoms with Gasteiger partial charge in [-0.25, -0.2) is 0 Å². The van der Waals surface area contributed by atoms with E-state index < -0.39 is 0 Å². The minimum atomic E-state index is 0.503. The second kappa shape index (κ2) is 6.91. The molecule has 106 valence electrons. The summed E-state index contributed by atoms with van der Waals surface area (Å²) in [6, 6.07) is 14.3. The van der Waals surface area contributed by atoms with Crippen LogP contribution in [0.2, 0.25) is 0 Å². The molecule has 0 radical (unpaired) electrons. The molecule has 0 heterocycles. The Morgan fingerprint density at radius 2 is 1.85 bits per heavy atom. The Labute approximate surface area is 129 Å². The zero-order chi connectivity index (χ0) is 14.5. The molecule has 2 aromatic carbocycles. The summed E-state index contributed by atoms with van der Waals surface area (Å²) in [4.78, 5) is 0. The van der Waals surface area contributed by atoms with Crippen molar-refractivity contribution < 1.29 is 4.74 Å². The number of halogens is 1. The maximum absolute atomic E-state index is 5.93. The summed E-state index contributed by atoms with van der Waals surface area (Å²) in [7, 11) is 1.94. The third kappa shape index (κ3) is 3.84. The molecule has 0 aromatic heterocycles. The standard InChI is InChI=1S/C17H20BrNO/c1-12(2)13-5-4-6-15(9-13)20-16-8-7-14(11-19-3)17(18)10-16/h4-10,12,19H,11H2,1-3H3. The molecule has 0 atom stereocenters. The average molecular weight is 334 g/mol. The molecule has 0 saturated carbocycles. The number of nitrogens with one attached hydrogen (secondary N) is 1. The van der Waals surface area contributed by atoms with Crippen LogP contribution in [0, 0.1) is 0 Å². The molecule has 0 unspecified atom stereocenters. The van der Waals surface area contributed by atoms with Crippen LogP contribution in [0.5, 0.6) is 11.5 Å². The minimum Gasteiger partial charge on any atom is -0.457 e. The monoisotopic (exact) mass is 333 g/mol. The van der Waals surface area contributed by atoms with Gasteiger partial charge in [0.25, 0.3) is 0 Å². The van der Waals surface area contributed by atoms with Gasteiger partial charge in [0.1, 0.15) is 11.5 Å². The van der Waals surface area contributed by atoms with Gasteiger partial charge in [0.05, 0.1) is 0 Å². The van der Waals surface area contributed by atoms with Crippen LogP contribution in [0.4, 0.5) is 0 Å². The van der Waals surface area contributed by atoms with E-state index >= 15 is 0 Å². The van der Waals surface area contributed by atoms with Gasteiger partial charge in [-0.1, -0.05) is 48.0 Å². The highest BCUT2D eigenvalue weighted by atomic mass is 79.9. The first-order valence-electron chi connectivity index (χ1n) is 6.81. The lowest BCUT2D eigenvalue weighted by molar-refractivity contribution is 0.481. The van der Waals surface area contributed by atoms with Crippen molar-refractivity contribution in [3.05, 3.63) is 58.1 Å². The Balaban J connectivity index is 2.17. The summed E-state index contributed by atoms with van der Waals surface area (Å²) in [6.45, 7) is 5.20. The van der Waals surface area contributed by atoms with Gasteiger partial charge in [0.15, 0.2) is 0 Å². The lowest BCUT2D eigenvalue weighted by Crippen LogP contribution is -2.05. The van der Waals surface area contributed by atoms with Crippen molar-refractivity contribution in [2.24, 2.45) is 0 Å². The van der Waals surface area contributed by atoms with Crippen LogP contribution in [-0.4, -0.2) is 7.05 Å². The van der Waals surface area contributed by atoms with Crippen LogP contribution in [0.25, 0.3) is 0 Å². The van der Waals surface area contributed by atoms with Crippen molar-refractivity contribution in [2.75, 3.05) is 7.05 Å². The molecular weight excluding hydrogens is 314 g/mol. The third-order valence-corrected chi connectivity index (χ3v) is 3.89. The molecule has 0 amide bonds. The van der Waals surface area contributed by atoms with Crippen molar-refractivity contribution in [2.45, 2.75) is 26.3 Å². The zero-order valence-corrected chi connectivity index (χ0v) is 13.7. The number of benzene rings is 2. The Bertz CT molecular complexity index is 581. The van der Waals surface area contributed by atoms with Gasteiger partial charge < -0.3 is 10.1 Å². The molecule has 0 aliphatic rings. The van der Waals surface area contributed by atoms with Gasteiger partial charge in [-0.2, -0.15) is 0 Å². The Morgan fingerprint density at radius 1 is 1.10 bits per heavy atom. The highest BCUT2D eigenvalue weighted by Gasteiger charge is 2.05. The van der Waals surface area contributed by atoms with Crippen LogP contribution >= 0.6 is 15.9 Å². The molecule has 20 heavy (non-hydrogen) atoms. The number of hydrogen-bond donors (Lipinski definition) is 1. The fourth-order valence-corrected chi connectivity index (χ4v) is 2.50. The highest BCUT2D eigenvalue weighted by Crippen LogP contribution is 2.28. The summed E-state index contributed by atoms with van der Waals surface area (Å²) in [5.41, 5.74) is 2.50.